The predicted octanol–water partition coefficient (Wildman–Crippen LogP) is 0.983. The van der Waals surface area contributed by atoms with Crippen LogP contribution in [0, 0.1) is 0 Å². The Labute approximate surface area is 94.8 Å². The van der Waals surface area contributed by atoms with E-state index in [0.717, 1.165) is 13.0 Å². The molecule has 2 rings (SSSR count). The van der Waals surface area contributed by atoms with E-state index in [2.05, 4.69) is 10.4 Å². The van der Waals surface area contributed by atoms with Gasteiger partial charge in [0.15, 0.2) is 0 Å². The average molecular weight is 223 g/mol. The molecule has 0 aromatic carbocycles. The van der Waals surface area contributed by atoms with Crippen molar-refractivity contribution < 1.29 is 9.53 Å². The van der Waals surface area contributed by atoms with Gasteiger partial charge in [-0.3, -0.25) is 9.48 Å². The zero-order chi connectivity index (χ0) is 11.5. The van der Waals surface area contributed by atoms with Crippen molar-refractivity contribution in [2.45, 2.75) is 32.4 Å². The topological polar surface area (TPSA) is 56.2 Å². The summed E-state index contributed by atoms with van der Waals surface area (Å²) in [4.78, 5) is 11.8. The number of ether oxygens (including phenoxy) is 1. The number of aromatic nitrogens is 2. The molecular formula is C11H17N3O2. The van der Waals surface area contributed by atoms with Crippen LogP contribution in [0.25, 0.3) is 0 Å². The fourth-order valence-corrected chi connectivity index (χ4v) is 1.65. The summed E-state index contributed by atoms with van der Waals surface area (Å²) in [6, 6.07) is 2.15. The van der Waals surface area contributed by atoms with E-state index in [1.165, 1.54) is 0 Å². The lowest BCUT2D eigenvalue weighted by Gasteiger charge is -2.09. The van der Waals surface area contributed by atoms with E-state index in [1.54, 1.807) is 10.7 Å². The largest absolute Gasteiger partial charge is 0.379 e. The van der Waals surface area contributed by atoms with E-state index in [4.69, 9.17) is 4.74 Å². The number of rotatable bonds is 3. The Balaban J connectivity index is 1.97. The van der Waals surface area contributed by atoms with Crippen LogP contribution in [-0.4, -0.2) is 34.9 Å². The highest BCUT2D eigenvalue weighted by atomic mass is 16.5. The summed E-state index contributed by atoms with van der Waals surface area (Å²) >= 11 is 0. The number of hydrogen-bond acceptors (Lipinski definition) is 3. The Hall–Kier alpha value is -1.36. The molecule has 1 aromatic heterocycles. The van der Waals surface area contributed by atoms with Crippen LogP contribution >= 0.6 is 0 Å². The third kappa shape index (κ3) is 2.41. The van der Waals surface area contributed by atoms with Crippen molar-refractivity contribution in [1.82, 2.24) is 15.1 Å². The van der Waals surface area contributed by atoms with Gasteiger partial charge in [-0.15, -0.1) is 0 Å². The Morgan fingerprint density at radius 3 is 3.06 bits per heavy atom. The summed E-state index contributed by atoms with van der Waals surface area (Å²) in [7, 11) is 0. The summed E-state index contributed by atoms with van der Waals surface area (Å²) in [5.74, 6) is -0.116. The van der Waals surface area contributed by atoms with Crippen LogP contribution in [0.3, 0.4) is 0 Å². The maximum atomic E-state index is 11.8. The van der Waals surface area contributed by atoms with Crippen molar-refractivity contribution in [3.05, 3.63) is 18.0 Å². The van der Waals surface area contributed by atoms with E-state index < -0.39 is 0 Å². The molecule has 1 fully saturated rings. The molecule has 1 aliphatic heterocycles. The maximum Gasteiger partial charge on any atom is 0.272 e. The minimum absolute atomic E-state index is 0.116. The molecule has 16 heavy (non-hydrogen) atoms. The lowest BCUT2D eigenvalue weighted by molar-refractivity contribution is 0.0924. The molecule has 1 aromatic rings. The van der Waals surface area contributed by atoms with Crippen LogP contribution in [0.5, 0.6) is 0 Å². The Bertz CT molecular complexity index is 367. The maximum absolute atomic E-state index is 11.8. The smallest absolute Gasteiger partial charge is 0.272 e. The quantitative estimate of drug-likeness (QED) is 0.831. The van der Waals surface area contributed by atoms with Gasteiger partial charge in [-0.1, -0.05) is 0 Å². The van der Waals surface area contributed by atoms with Crippen LogP contribution in [0.2, 0.25) is 0 Å². The number of amides is 1. The molecule has 2 heterocycles. The van der Waals surface area contributed by atoms with Gasteiger partial charge in [-0.05, 0) is 26.3 Å². The highest BCUT2D eigenvalue weighted by molar-refractivity contribution is 5.92. The molecule has 1 saturated heterocycles. The molecule has 1 N–H and O–H groups in total. The predicted molar refractivity (Wildman–Crippen MR) is 59.3 cm³/mol. The number of carbonyl (C=O) groups excluding carboxylic acids is 1. The van der Waals surface area contributed by atoms with Crippen molar-refractivity contribution >= 4 is 5.91 Å². The summed E-state index contributed by atoms with van der Waals surface area (Å²) < 4.78 is 6.97. The first-order valence-electron chi connectivity index (χ1n) is 5.60. The Morgan fingerprint density at radius 2 is 2.50 bits per heavy atom. The molecule has 0 radical (unpaired) electrons. The van der Waals surface area contributed by atoms with E-state index >= 15 is 0 Å². The second-order valence-corrected chi connectivity index (χ2v) is 4.31. The lowest BCUT2D eigenvalue weighted by Crippen LogP contribution is -2.35. The number of hydrogen-bond donors (Lipinski definition) is 1. The Kier molecular flexibility index (Phi) is 3.24. The van der Waals surface area contributed by atoms with Crippen molar-refractivity contribution in [2.75, 3.05) is 13.2 Å². The van der Waals surface area contributed by atoms with E-state index in [1.807, 2.05) is 20.0 Å². The molecule has 1 amide bonds. The zero-order valence-corrected chi connectivity index (χ0v) is 9.64. The number of carbonyl (C=O) groups is 1. The highest BCUT2D eigenvalue weighted by Crippen LogP contribution is 2.07. The molecule has 0 bridgehead atoms. The fraction of sp³-hybridized carbons (Fsp3) is 0.636. The van der Waals surface area contributed by atoms with Crippen LogP contribution in [-0.2, 0) is 4.74 Å². The first kappa shape index (κ1) is 11.1. The second kappa shape index (κ2) is 4.65. The van der Waals surface area contributed by atoms with Crippen LogP contribution in [0.15, 0.2) is 12.3 Å². The van der Waals surface area contributed by atoms with Crippen LogP contribution in [0.4, 0.5) is 0 Å². The minimum atomic E-state index is -0.116. The van der Waals surface area contributed by atoms with Gasteiger partial charge in [0.05, 0.1) is 12.6 Å². The molecule has 0 unspecified atom stereocenters. The van der Waals surface area contributed by atoms with Crippen LogP contribution < -0.4 is 5.32 Å². The van der Waals surface area contributed by atoms with Gasteiger partial charge < -0.3 is 10.1 Å². The minimum Gasteiger partial charge on any atom is -0.379 e. The SMILES string of the molecule is CC(C)n1ccc(C(=O)N[C@H]2CCOC2)n1. The monoisotopic (exact) mass is 223 g/mol. The molecule has 1 atom stereocenters. The van der Waals surface area contributed by atoms with Gasteiger partial charge in [0, 0.05) is 18.8 Å². The third-order valence-electron chi connectivity index (χ3n) is 2.63. The fourth-order valence-electron chi connectivity index (χ4n) is 1.65. The van der Waals surface area contributed by atoms with E-state index in [0.29, 0.717) is 12.3 Å². The van der Waals surface area contributed by atoms with E-state index in [-0.39, 0.29) is 18.0 Å². The molecule has 5 nitrogen and oxygen atoms in total. The van der Waals surface area contributed by atoms with Gasteiger partial charge in [0.25, 0.3) is 5.91 Å². The Morgan fingerprint density at radius 1 is 1.69 bits per heavy atom. The molecular weight excluding hydrogens is 206 g/mol. The standard InChI is InChI=1S/C11H17N3O2/c1-8(2)14-5-3-10(13-14)11(15)12-9-4-6-16-7-9/h3,5,8-9H,4,6-7H2,1-2H3,(H,12,15)/t9-/m0/s1. The molecule has 0 spiro atoms. The van der Waals surface area contributed by atoms with Gasteiger partial charge in [-0.2, -0.15) is 5.10 Å². The highest BCUT2D eigenvalue weighted by Gasteiger charge is 2.19. The van der Waals surface area contributed by atoms with E-state index in [9.17, 15) is 4.79 Å². The molecule has 5 heteroatoms. The average Bonchev–Trinajstić information content (AvgIpc) is 2.86. The lowest BCUT2D eigenvalue weighted by atomic mass is 10.2. The summed E-state index contributed by atoms with van der Waals surface area (Å²) in [6.07, 6.45) is 2.71. The first-order valence-corrected chi connectivity index (χ1v) is 5.60. The van der Waals surface area contributed by atoms with Crippen molar-refractivity contribution in [3.63, 3.8) is 0 Å². The third-order valence-corrected chi connectivity index (χ3v) is 2.63. The van der Waals surface area contributed by atoms with Gasteiger partial charge in [-0.25, -0.2) is 0 Å². The number of nitrogens with one attached hydrogen (secondary N) is 1. The molecule has 1 aliphatic rings. The van der Waals surface area contributed by atoms with Gasteiger partial charge in [0.1, 0.15) is 5.69 Å². The first-order chi connectivity index (χ1) is 7.66. The van der Waals surface area contributed by atoms with Crippen molar-refractivity contribution in [1.29, 1.82) is 0 Å². The zero-order valence-electron chi connectivity index (χ0n) is 9.64. The summed E-state index contributed by atoms with van der Waals surface area (Å²) in [5, 5.41) is 7.12. The summed E-state index contributed by atoms with van der Waals surface area (Å²) in [5.41, 5.74) is 0.473. The second-order valence-electron chi connectivity index (χ2n) is 4.31. The summed E-state index contributed by atoms with van der Waals surface area (Å²) in [6.45, 7) is 5.39. The van der Waals surface area contributed by atoms with Gasteiger partial charge in [0.2, 0.25) is 0 Å². The number of nitrogens with zero attached hydrogens (tertiary/aromatic N) is 2. The molecule has 0 saturated carbocycles. The van der Waals surface area contributed by atoms with Crippen LogP contribution in [0.1, 0.15) is 36.8 Å². The molecule has 0 aliphatic carbocycles. The van der Waals surface area contributed by atoms with Crippen molar-refractivity contribution in [2.24, 2.45) is 0 Å². The van der Waals surface area contributed by atoms with Gasteiger partial charge >= 0.3 is 0 Å². The normalized spacial score (nSPS) is 20.3. The molecule has 88 valence electrons. The van der Waals surface area contributed by atoms with Crippen molar-refractivity contribution in [3.8, 4) is 0 Å².